The minimum absolute atomic E-state index is 0.0866. The Bertz CT molecular complexity index is 2560. The maximum Gasteiger partial charge on any atom is 0.472 e. The van der Waals surface area contributed by atoms with Gasteiger partial charge < -0.3 is 34.2 Å². The molecule has 0 aromatic rings. The summed E-state index contributed by atoms with van der Waals surface area (Å²) in [5.74, 6) is -1.59. The highest BCUT2D eigenvalue weighted by Gasteiger charge is 2.29. The van der Waals surface area contributed by atoms with E-state index in [2.05, 4.69) is 167 Å². The van der Waals surface area contributed by atoms with Crippen LogP contribution in [0, 0.1) is 0 Å². The Hall–Kier alpha value is -4.57. The molecule has 18 heteroatoms. The number of carbonyl (C=O) groups excluding carboxylic acids is 3. The average molecular weight is 1570 g/mol. The third-order valence-electron chi connectivity index (χ3n) is 18.0. The van der Waals surface area contributed by atoms with E-state index in [-0.39, 0.29) is 19.3 Å². The van der Waals surface area contributed by atoms with E-state index in [9.17, 15) is 43.5 Å². The summed E-state index contributed by atoms with van der Waals surface area (Å²) in [5.41, 5.74) is 0. The molecule has 0 saturated heterocycles. The zero-order valence-corrected chi connectivity index (χ0v) is 70.5. The Morgan fingerprint density at radius 3 is 0.771 bits per heavy atom. The highest BCUT2D eigenvalue weighted by Crippen LogP contribution is 2.45. The topological polar surface area (TPSA) is 231 Å². The lowest BCUT2D eigenvalue weighted by atomic mass is 10.0. The van der Waals surface area contributed by atoms with Gasteiger partial charge in [-0.3, -0.25) is 32.5 Å². The summed E-state index contributed by atoms with van der Waals surface area (Å²) in [6.45, 7) is 2.40. The maximum atomic E-state index is 13.0. The molecule has 0 aliphatic heterocycles. The molecule has 0 fully saturated rings. The molecule has 0 rings (SSSR count). The summed E-state index contributed by atoms with van der Waals surface area (Å²) in [7, 11) is -9.80. The van der Waals surface area contributed by atoms with Crippen molar-refractivity contribution in [2.24, 2.45) is 0 Å². The minimum atomic E-state index is -4.94. The first-order valence-electron chi connectivity index (χ1n) is 43.1. The lowest BCUT2D eigenvalue weighted by molar-refractivity contribution is -0.161. The van der Waals surface area contributed by atoms with Crippen molar-refractivity contribution in [1.82, 2.24) is 0 Å². The zero-order valence-electron chi connectivity index (χ0n) is 68.7. The molecule has 0 bridgehead atoms. The molecule has 4 N–H and O–H groups in total. The molecule has 0 aliphatic rings. The number of hydrogen-bond acceptors (Lipinski definition) is 14. The highest BCUT2D eigenvalue weighted by atomic mass is 31.2. The van der Waals surface area contributed by atoms with E-state index in [1.54, 1.807) is 0 Å². The fourth-order valence-electron chi connectivity index (χ4n) is 11.5. The second-order valence-corrected chi connectivity index (χ2v) is 31.5. The van der Waals surface area contributed by atoms with Crippen LogP contribution in [0.15, 0.2) is 146 Å². The first kappa shape index (κ1) is 104. The fourth-order valence-corrected chi connectivity index (χ4v) is 13.1. The summed E-state index contributed by atoms with van der Waals surface area (Å²) in [5, 5.41) is 20.7. The number of allylic oxidation sites excluding steroid dienone is 24. The van der Waals surface area contributed by atoms with E-state index in [0.29, 0.717) is 19.3 Å². The Labute approximate surface area is 664 Å². The Morgan fingerprint density at radius 2 is 0.486 bits per heavy atom. The summed E-state index contributed by atoms with van der Waals surface area (Å²) in [4.78, 5) is 58.8. The van der Waals surface area contributed by atoms with Gasteiger partial charge >= 0.3 is 33.6 Å². The predicted molar refractivity (Wildman–Crippen MR) is 454 cm³/mol. The minimum Gasteiger partial charge on any atom is -0.463 e. The van der Waals surface area contributed by atoms with Gasteiger partial charge in [-0.25, -0.2) is 9.13 Å². The summed E-state index contributed by atoms with van der Waals surface area (Å²) in [6.07, 6.45) is 103. The van der Waals surface area contributed by atoms with Crippen molar-refractivity contribution in [3.63, 3.8) is 0 Å². The number of ether oxygens (including phenoxy) is 3. The van der Waals surface area contributed by atoms with Crippen LogP contribution in [-0.2, 0) is 55.8 Å². The predicted octanol–water partition coefficient (Wildman–Crippen LogP) is 26.0. The smallest absolute Gasteiger partial charge is 0.463 e. The van der Waals surface area contributed by atoms with Gasteiger partial charge in [0.05, 0.1) is 26.4 Å². The van der Waals surface area contributed by atoms with Gasteiger partial charge in [-0.15, -0.1) is 0 Å². The molecular weight excluding hydrogens is 1410 g/mol. The van der Waals surface area contributed by atoms with E-state index in [1.165, 1.54) is 128 Å². The summed E-state index contributed by atoms with van der Waals surface area (Å²) in [6, 6.07) is 0. The molecule has 5 unspecified atom stereocenters. The van der Waals surface area contributed by atoms with Crippen molar-refractivity contribution in [2.75, 3.05) is 39.6 Å². The largest absolute Gasteiger partial charge is 0.472 e. The van der Waals surface area contributed by atoms with Crippen molar-refractivity contribution < 1.29 is 75.8 Å². The molecule has 0 amide bonds. The molecule has 0 radical (unpaired) electrons. The summed E-state index contributed by atoms with van der Waals surface area (Å²) >= 11 is 0. The molecule has 109 heavy (non-hydrogen) atoms. The molecule has 0 aliphatic carbocycles. The Kier molecular flexibility index (Phi) is 79.4. The van der Waals surface area contributed by atoms with Crippen molar-refractivity contribution in [2.45, 2.75) is 373 Å². The molecule has 0 saturated carbocycles. The van der Waals surface area contributed by atoms with Crippen LogP contribution in [-0.4, -0.2) is 95.9 Å². The second kappa shape index (κ2) is 82.9. The van der Waals surface area contributed by atoms with Crippen molar-refractivity contribution in [1.29, 1.82) is 0 Å². The standard InChI is InChI=1S/C91H156O16P2/c1-4-7-10-13-16-19-22-25-27-29-31-33-35-37-39-41-42-44-46-47-49-51-53-55-57-60-62-65-68-71-74-77-89(94)101-80-86(92)81-103-108(97,98)104-82-87(93)83-105-109(99,100)106-85-88(107-91(96)79-76-73-70-67-64-59-24-21-18-15-12-9-6-3)84-102-90(95)78-75-72-69-66-63-61-58-56-54-52-50-48-45-43-40-38-36-34-32-30-28-26-23-20-17-14-11-8-5-2/h7-8,10-12,15-17,19-21,24-28,31-34,37-40,86-88,92-93H,4-6,9,13-14,18,22-23,29-30,35-36,41-85H2,1-3H3,(H,97,98)(H,99,100)/b10-7-,11-8-,15-12-,19-16-,20-17-,24-21-,27-25-,28-26-,33-31-,34-32-,39-37-,40-38-. The summed E-state index contributed by atoms with van der Waals surface area (Å²) < 4.78 is 61.3. The number of carbonyl (C=O) groups is 3. The molecule has 16 nitrogen and oxygen atoms in total. The molecule has 0 spiro atoms. The lowest BCUT2D eigenvalue weighted by Crippen LogP contribution is -2.30. The van der Waals surface area contributed by atoms with Crippen LogP contribution in [0.3, 0.4) is 0 Å². The van der Waals surface area contributed by atoms with E-state index < -0.39 is 91.5 Å². The second-order valence-electron chi connectivity index (χ2n) is 28.6. The van der Waals surface area contributed by atoms with Crippen molar-refractivity contribution >= 4 is 33.6 Å². The van der Waals surface area contributed by atoms with Gasteiger partial charge in [0.15, 0.2) is 6.10 Å². The number of hydrogen-bond donors (Lipinski definition) is 4. The van der Waals surface area contributed by atoms with Crippen LogP contribution >= 0.6 is 15.6 Å². The van der Waals surface area contributed by atoms with Crippen LogP contribution < -0.4 is 0 Å². The van der Waals surface area contributed by atoms with Gasteiger partial charge in [0, 0.05) is 19.3 Å². The third kappa shape index (κ3) is 84.2. The quantitative estimate of drug-likeness (QED) is 0.0146. The number of esters is 3. The van der Waals surface area contributed by atoms with Crippen LogP contribution in [0.4, 0.5) is 0 Å². The van der Waals surface area contributed by atoms with Gasteiger partial charge in [-0.2, -0.15) is 0 Å². The van der Waals surface area contributed by atoms with Gasteiger partial charge in [-0.1, -0.05) is 346 Å². The number of unbranched alkanes of at least 4 members (excludes halogenated alkanes) is 34. The van der Waals surface area contributed by atoms with Crippen molar-refractivity contribution in [3.8, 4) is 0 Å². The van der Waals surface area contributed by atoms with Gasteiger partial charge in [0.25, 0.3) is 0 Å². The van der Waals surface area contributed by atoms with E-state index in [4.69, 9.17) is 32.3 Å². The normalized spacial score (nSPS) is 14.6. The van der Waals surface area contributed by atoms with Crippen LogP contribution in [0.1, 0.15) is 355 Å². The first-order valence-corrected chi connectivity index (χ1v) is 46.1. The van der Waals surface area contributed by atoms with Crippen LogP contribution in [0.25, 0.3) is 0 Å². The maximum absolute atomic E-state index is 13.0. The lowest BCUT2D eigenvalue weighted by Gasteiger charge is -2.21. The number of phosphoric acid groups is 2. The third-order valence-corrected chi connectivity index (χ3v) is 19.9. The van der Waals surface area contributed by atoms with Gasteiger partial charge in [-0.05, 0) is 135 Å². The number of rotatable bonds is 81. The first-order chi connectivity index (χ1) is 53.2. The van der Waals surface area contributed by atoms with E-state index in [1.807, 2.05) is 0 Å². The van der Waals surface area contributed by atoms with Crippen LogP contribution in [0.2, 0.25) is 0 Å². The van der Waals surface area contributed by atoms with Gasteiger partial charge in [0.1, 0.15) is 25.4 Å². The Balaban J connectivity index is 4.44. The number of aliphatic hydroxyl groups is 2. The van der Waals surface area contributed by atoms with Crippen molar-refractivity contribution in [3.05, 3.63) is 146 Å². The Morgan fingerprint density at radius 1 is 0.266 bits per heavy atom. The monoisotopic (exact) mass is 1570 g/mol. The van der Waals surface area contributed by atoms with Crippen LogP contribution in [0.5, 0.6) is 0 Å². The number of phosphoric ester groups is 2. The molecular formula is C91H156O16P2. The number of aliphatic hydroxyl groups excluding tert-OH is 2. The fraction of sp³-hybridized carbons (Fsp3) is 0.703. The average Bonchev–Trinajstić information content (AvgIpc) is 0.916. The van der Waals surface area contributed by atoms with Gasteiger partial charge in [0.2, 0.25) is 0 Å². The van der Waals surface area contributed by atoms with E-state index in [0.717, 1.165) is 167 Å². The highest BCUT2D eigenvalue weighted by molar-refractivity contribution is 7.47. The molecule has 626 valence electrons. The SMILES string of the molecule is CC/C=C\C/C=C\C/C=C\C/C=C\C/C=C\CCCCCCCCCCCCCCCCCC(=O)OCC(O)COP(=O)(O)OCC(O)COP(=O)(O)OCC(COC(=O)CCCCCCCCCCCCCCC/C=C\C/C=C\C/C=C\C/C=C\C/C=C\CC)OC(=O)CCCCCCC/C=C\C/C=C\CCC. The molecule has 0 aromatic carbocycles. The van der Waals surface area contributed by atoms with E-state index >= 15 is 0 Å². The zero-order chi connectivity index (χ0) is 79.4. The molecule has 5 atom stereocenters. The molecule has 0 heterocycles. The molecule has 0 aromatic heterocycles.